The zero-order chi connectivity index (χ0) is 13.5. The molecule has 0 atom stereocenters. The van der Waals surface area contributed by atoms with Crippen LogP contribution in [0.25, 0.3) is 0 Å². The summed E-state index contributed by atoms with van der Waals surface area (Å²) in [5.41, 5.74) is 0. The standard InChI is InChI=1S/C14H14ClNO2S/c15-11-3-1-4-12(9-11)18-7-6-14(17)16-10-13-5-2-8-19-13/h1-5,8-9H,6-7,10H2,(H,16,17). The Labute approximate surface area is 121 Å². The molecule has 1 heterocycles. The number of ether oxygens (including phenoxy) is 1. The van der Waals surface area contributed by atoms with E-state index in [1.807, 2.05) is 29.6 Å². The van der Waals surface area contributed by atoms with Crippen LogP contribution in [0.3, 0.4) is 0 Å². The first-order valence-corrected chi connectivity index (χ1v) is 7.17. The van der Waals surface area contributed by atoms with Crippen LogP contribution in [0.2, 0.25) is 5.02 Å². The van der Waals surface area contributed by atoms with Crippen LogP contribution >= 0.6 is 22.9 Å². The highest BCUT2D eigenvalue weighted by Crippen LogP contribution is 2.17. The smallest absolute Gasteiger partial charge is 0.223 e. The first-order chi connectivity index (χ1) is 9.24. The van der Waals surface area contributed by atoms with E-state index in [0.29, 0.717) is 30.3 Å². The molecule has 1 amide bonds. The number of hydrogen-bond acceptors (Lipinski definition) is 3. The molecule has 19 heavy (non-hydrogen) atoms. The van der Waals surface area contributed by atoms with Gasteiger partial charge in [0.05, 0.1) is 19.6 Å². The van der Waals surface area contributed by atoms with Crippen molar-refractivity contribution < 1.29 is 9.53 Å². The minimum absolute atomic E-state index is 0.0181. The largest absolute Gasteiger partial charge is 0.493 e. The van der Waals surface area contributed by atoms with Crippen molar-refractivity contribution in [2.45, 2.75) is 13.0 Å². The Hall–Kier alpha value is -1.52. The van der Waals surface area contributed by atoms with Crippen LogP contribution in [0.15, 0.2) is 41.8 Å². The van der Waals surface area contributed by atoms with Gasteiger partial charge in [-0.3, -0.25) is 4.79 Å². The summed E-state index contributed by atoms with van der Waals surface area (Å²) in [5, 5.41) is 5.46. The van der Waals surface area contributed by atoms with Crippen LogP contribution in [0.4, 0.5) is 0 Å². The Morgan fingerprint density at radius 3 is 2.95 bits per heavy atom. The maximum absolute atomic E-state index is 11.6. The molecule has 0 aliphatic rings. The molecule has 100 valence electrons. The Bertz CT molecular complexity index is 528. The van der Waals surface area contributed by atoms with Gasteiger partial charge >= 0.3 is 0 Å². The molecule has 0 bridgehead atoms. The lowest BCUT2D eigenvalue weighted by Crippen LogP contribution is -2.23. The second-order valence-electron chi connectivity index (χ2n) is 3.91. The van der Waals surface area contributed by atoms with E-state index in [0.717, 1.165) is 4.88 Å². The minimum Gasteiger partial charge on any atom is -0.493 e. The molecule has 1 N–H and O–H groups in total. The number of carbonyl (C=O) groups is 1. The predicted molar refractivity (Wildman–Crippen MR) is 77.7 cm³/mol. The molecular formula is C14H14ClNO2S. The van der Waals surface area contributed by atoms with Gasteiger partial charge in [-0.1, -0.05) is 23.7 Å². The molecule has 0 aliphatic carbocycles. The van der Waals surface area contributed by atoms with Gasteiger partial charge in [0.1, 0.15) is 5.75 Å². The lowest BCUT2D eigenvalue weighted by Gasteiger charge is -2.07. The quantitative estimate of drug-likeness (QED) is 0.886. The fourth-order valence-corrected chi connectivity index (χ4v) is 2.33. The SMILES string of the molecule is O=C(CCOc1cccc(Cl)c1)NCc1cccs1. The third-order valence-corrected chi connectivity index (χ3v) is 3.55. The summed E-state index contributed by atoms with van der Waals surface area (Å²) < 4.78 is 5.45. The van der Waals surface area contributed by atoms with E-state index in [-0.39, 0.29) is 5.91 Å². The van der Waals surface area contributed by atoms with Gasteiger partial charge in [0.25, 0.3) is 0 Å². The van der Waals surface area contributed by atoms with Gasteiger partial charge < -0.3 is 10.1 Å². The fourth-order valence-electron chi connectivity index (χ4n) is 1.51. The van der Waals surface area contributed by atoms with Crippen LogP contribution in [0.1, 0.15) is 11.3 Å². The van der Waals surface area contributed by atoms with Gasteiger partial charge in [0, 0.05) is 9.90 Å². The highest BCUT2D eigenvalue weighted by molar-refractivity contribution is 7.09. The number of carbonyl (C=O) groups excluding carboxylic acids is 1. The average Bonchev–Trinajstić information content (AvgIpc) is 2.89. The summed E-state index contributed by atoms with van der Waals surface area (Å²) in [6.45, 7) is 0.921. The van der Waals surface area contributed by atoms with Gasteiger partial charge in [-0.2, -0.15) is 0 Å². The van der Waals surface area contributed by atoms with Gasteiger partial charge in [0.15, 0.2) is 0 Å². The van der Waals surface area contributed by atoms with Crippen LogP contribution < -0.4 is 10.1 Å². The summed E-state index contributed by atoms with van der Waals surface area (Å²) in [6, 6.07) is 11.1. The minimum atomic E-state index is -0.0181. The Kier molecular flexibility index (Phi) is 5.24. The van der Waals surface area contributed by atoms with Gasteiger partial charge in [-0.05, 0) is 29.6 Å². The van der Waals surface area contributed by atoms with E-state index in [4.69, 9.17) is 16.3 Å². The molecule has 0 saturated carbocycles. The first-order valence-electron chi connectivity index (χ1n) is 5.91. The van der Waals surface area contributed by atoms with E-state index >= 15 is 0 Å². The molecule has 0 saturated heterocycles. The number of thiophene rings is 1. The topological polar surface area (TPSA) is 38.3 Å². The van der Waals surface area contributed by atoms with Crippen molar-refractivity contribution in [2.75, 3.05) is 6.61 Å². The second-order valence-corrected chi connectivity index (χ2v) is 5.38. The molecule has 1 aromatic heterocycles. The van der Waals surface area contributed by atoms with E-state index in [2.05, 4.69) is 5.32 Å². The van der Waals surface area contributed by atoms with Crippen molar-refractivity contribution in [3.05, 3.63) is 51.7 Å². The van der Waals surface area contributed by atoms with Crippen LogP contribution in [-0.4, -0.2) is 12.5 Å². The molecule has 0 spiro atoms. The monoisotopic (exact) mass is 295 g/mol. The van der Waals surface area contributed by atoms with Crippen molar-refractivity contribution in [2.24, 2.45) is 0 Å². The number of rotatable bonds is 6. The molecule has 1 aromatic carbocycles. The normalized spacial score (nSPS) is 10.2. The summed E-state index contributed by atoms with van der Waals surface area (Å²) in [4.78, 5) is 12.7. The summed E-state index contributed by atoms with van der Waals surface area (Å²) in [5.74, 6) is 0.661. The molecule has 5 heteroatoms. The molecule has 0 unspecified atom stereocenters. The van der Waals surface area contributed by atoms with E-state index in [9.17, 15) is 4.79 Å². The molecule has 0 aliphatic heterocycles. The fraction of sp³-hybridized carbons (Fsp3) is 0.214. The third-order valence-electron chi connectivity index (χ3n) is 2.43. The zero-order valence-electron chi connectivity index (χ0n) is 10.3. The molecule has 2 aromatic rings. The first kappa shape index (κ1) is 13.9. The van der Waals surface area contributed by atoms with Crippen LogP contribution in [-0.2, 0) is 11.3 Å². The maximum Gasteiger partial charge on any atom is 0.223 e. The van der Waals surface area contributed by atoms with Crippen molar-refractivity contribution in [1.82, 2.24) is 5.32 Å². The molecule has 0 radical (unpaired) electrons. The lowest BCUT2D eigenvalue weighted by atomic mass is 10.3. The lowest BCUT2D eigenvalue weighted by molar-refractivity contribution is -0.121. The Balaban J connectivity index is 1.66. The third kappa shape index (κ3) is 4.93. The highest BCUT2D eigenvalue weighted by Gasteiger charge is 2.03. The summed E-state index contributed by atoms with van der Waals surface area (Å²) in [7, 11) is 0. The van der Waals surface area contributed by atoms with Crippen molar-refractivity contribution in [3.63, 3.8) is 0 Å². The number of benzene rings is 1. The van der Waals surface area contributed by atoms with Gasteiger partial charge in [0.2, 0.25) is 5.91 Å². The maximum atomic E-state index is 11.6. The Morgan fingerprint density at radius 2 is 2.21 bits per heavy atom. The molecule has 2 rings (SSSR count). The molecule has 0 fully saturated rings. The second kappa shape index (κ2) is 7.16. The predicted octanol–water partition coefficient (Wildman–Crippen LogP) is 3.49. The molecular weight excluding hydrogens is 282 g/mol. The Morgan fingerprint density at radius 1 is 1.32 bits per heavy atom. The van der Waals surface area contributed by atoms with Crippen molar-refractivity contribution in [3.8, 4) is 5.75 Å². The number of halogens is 1. The van der Waals surface area contributed by atoms with E-state index in [1.54, 1.807) is 23.5 Å². The van der Waals surface area contributed by atoms with E-state index in [1.165, 1.54) is 0 Å². The van der Waals surface area contributed by atoms with Gasteiger partial charge in [-0.25, -0.2) is 0 Å². The van der Waals surface area contributed by atoms with Gasteiger partial charge in [-0.15, -0.1) is 11.3 Å². The average molecular weight is 296 g/mol. The molecule has 3 nitrogen and oxygen atoms in total. The number of nitrogens with one attached hydrogen (secondary N) is 1. The van der Waals surface area contributed by atoms with Crippen molar-refractivity contribution in [1.29, 1.82) is 0 Å². The summed E-state index contributed by atoms with van der Waals surface area (Å²) in [6.07, 6.45) is 0.331. The zero-order valence-corrected chi connectivity index (χ0v) is 11.8. The highest BCUT2D eigenvalue weighted by atomic mass is 35.5. The van der Waals surface area contributed by atoms with E-state index < -0.39 is 0 Å². The van der Waals surface area contributed by atoms with Crippen LogP contribution in [0.5, 0.6) is 5.75 Å². The van der Waals surface area contributed by atoms with Crippen molar-refractivity contribution >= 4 is 28.8 Å². The number of amides is 1. The van der Waals surface area contributed by atoms with Crippen LogP contribution in [0, 0.1) is 0 Å². The number of hydrogen-bond donors (Lipinski definition) is 1. The summed E-state index contributed by atoms with van der Waals surface area (Å²) >= 11 is 7.46.